The molecule has 8 heteroatoms. The van der Waals surface area contributed by atoms with E-state index in [1.807, 2.05) is 25.8 Å². The van der Waals surface area contributed by atoms with E-state index in [-0.39, 0.29) is 17.3 Å². The zero-order valence-corrected chi connectivity index (χ0v) is 19.5. The van der Waals surface area contributed by atoms with Crippen molar-refractivity contribution in [3.8, 4) is 5.75 Å². The van der Waals surface area contributed by atoms with Gasteiger partial charge in [-0.1, -0.05) is 17.7 Å². The van der Waals surface area contributed by atoms with Crippen molar-refractivity contribution in [1.29, 1.82) is 0 Å². The molecule has 1 aliphatic rings. The molecule has 0 radical (unpaired) electrons. The van der Waals surface area contributed by atoms with Crippen molar-refractivity contribution in [2.75, 3.05) is 46.9 Å². The van der Waals surface area contributed by atoms with Crippen LogP contribution in [-0.2, 0) is 16.6 Å². The van der Waals surface area contributed by atoms with Gasteiger partial charge in [0.1, 0.15) is 5.75 Å². The van der Waals surface area contributed by atoms with Crippen molar-refractivity contribution in [3.63, 3.8) is 0 Å². The Bertz CT molecular complexity index is 1010. The number of amides is 1. The number of hydrogen-bond acceptors (Lipinski definition) is 5. The maximum absolute atomic E-state index is 13.0. The van der Waals surface area contributed by atoms with E-state index in [2.05, 4.69) is 4.90 Å². The van der Waals surface area contributed by atoms with Crippen LogP contribution >= 0.6 is 0 Å². The fourth-order valence-corrected chi connectivity index (χ4v) is 4.69. The van der Waals surface area contributed by atoms with Crippen LogP contribution in [0.3, 0.4) is 0 Å². The van der Waals surface area contributed by atoms with E-state index >= 15 is 0 Å². The number of sulfonamides is 1. The highest BCUT2D eigenvalue weighted by Crippen LogP contribution is 2.25. The molecule has 0 spiro atoms. The van der Waals surface area contributed by atoms with E-state index in [0.29, 0.717) is 36.6 Å². The van der Waals surface area contributed by atoms with E-state index in [0.717, 1.165) is 18.7 Å². The molecule has 2 aromatic carbocycles. The molecule has 0 bridgehead atoms. The fraction of sp³-hybridized carbons (Fsp3) is 0.435. The number of benzene rings is 2. The summed E-state index contributed by atoms with van der Waals surface area (Å²) in [6, 6.07) is 12.0. The van der Waals surface area contributed by atoms with Crippen LogP contribution < -0.4 is 4.74 Å². The second kappa shape index (κ2) is 9.80. The third-order valence-electron chi connectivity index (χ3n) is 5.52. The molecular weight excluding hydrogens is 414 g/mol. The van der Waals surface area contributed by atoms with Gasteiger partial charge in [0.05, 0.1) is 11.5 Å². The molecule has 0 saturated carbocycles. The van der Waals surface area contributed by atoms with Gasteiger partial charge in [-0.2, -0.15) is 4.31 Å². The van der Waals surface area contributed by atoms with Crippen LogP contribution in [0.2, 0.25) is 0 Å². The van der Waals surface area contributed by atoms with Crippen molar-refractivity contribution in [1.82, 2.24) is 14.1 Å². The maximum atomic E-state index is 13.0. The Hall–Kier alpha value is -2.42. The van der Waals surface area contributed by atoms with Crippen LogP contribution in [0.4, 0.5) is 0 Å². The largest absolute Gasteiger partial charge is 0.494 e. The van der Waals surface area contributed by atoms with Gasteiger partial charge in [0, 0.05) is 50.9 Å². The lowest BCUT2D eigenvalue weighted by molar-refractivity contribution is 0.0664. The SMILES string of the molecule is CCOc1ccc(C(=O)N2CCN(C)CC2)cc1CN(C)S(=O)(=O)c1ccc(C)cc1. The predicted octanol–water partition coefficient (Wildman–Crippen LogP) is 2.60. The molecular formula is C23H31N3O4S. The minimum absolute atomic E-state index is 0.0403. The Morgan fingerprint density at radius 1 is 1.06 bits per heavy atom. The molecule has 1 saturated heterocycles. The summed E-state index contributed by atoms with van der Waals surface area (Å²) in [4.78, 5) is 17.3. The third-order valence-corrected chi connectivity index (χ3v) is 7.34. The highest BCUT2D eigenvalue weighted by atomic mass is 32.2. The maximum Gasteiger partial charge on any atom is 0.253 e. The molecule has 168 valence electrons. The average Bonchev–Trinajstić information content (AvgIpc) is 2.75. The van der Waals surface area contributed by atoms with Crippen LogP contribution in [0.15, 0.2) is 47.4 Å². The molecule has 1 heterocycles. The highest BCUT2D eigenvalue weighted by molar-refractivity contribution is 7.89. The Morgan fingerprint density at radius 2 is 1.71 bits per heavy atom. The topological polar surface area (TPSA) is 70.2 Å². The number of nitrogens with zero attached hydrogens (tertiary/aromatic N) is 3. The van der Waals surface area contributed by atoms with Gasteiger partial charge in [-0.3, -0.25) is 4.79 Å². The summed E-state index contributed by atoms with van der Waals surface area (Å²) < 4.78 is 33.0. The predicted molar refractivity (Wildman–Crippen MR) is 121 cm³/mol. The zero-order valence-electron chi connectivity index (χ0n) is 18.7. The molecule has 0 aromatic heterocycles. The quantitative estimate of drug-likeness (QED) is 0.655. The van der Waals surface area contributed by atoms with E-state index in [1.54, 1.807) is 49.5 Å². The van der Waals surface area contributed by atoms with Crippen LogP contribution in [0.1, 0.15) is 28.4 Å². The van der Waals surface area contributed by atoms with Gasteiger partial charge in [0.15, 0.2) is 0 Å². The number of carbonyl (C=O) groups excluding carboxylic acids is 1. The first kappa shape index (κ1) is 23.2. The second-order valence-corrected chi connectivity index (χ2v) is 9.97. The zero-order chi connectivity index (χ0) is 22.6. The van der Waals surface area contributed by atoms with E-state index in [1.165, 1.54) is 4.31 Å². The summed E-state index contributed by atoms with van der Waals surface area (Å²) >= 11 is 0. The number of hydrogen-bond donors (Lipinski definition) is 0. The summed E-state index contributed by atoms with van der Waals surface area (Å²) in [6.45, 7) is 7.39. The van der Waals surface area contributed by atoms with Gasteiger partial charge < -0.3 is 14.5 Å². The summed E-state index contributed by atoms with van der Waals surface area (Å²) in [5.41, 5.74) is 2.21. The molecule has 1 aliphatic heterocycles. The summed E-state index contributed by atoms with van der Waals surface area (Å²) in [5.74, 6) is 0.546. The Morgan fingerprint density at radius 3 is 2.32 bits per heavy atom. The van der Waals surface area contributed by atoms with Gasteiger partial charge in [-0.05, 0) is 51.2 Å². The first-order chi connectivity index (χ1) is 14.7. The molecule has 0 aliphatic carbocycles. The number of carbonyl (C=O) groups is 1. The Kier molecular flexibility index (Phi) is 7.35. The number of aryl methyl sites for hydroxylation is 1. The van der Waals surface area contributed by atoms with E-state index in [4.69, 9.17) is 4.74 Å². The van der Waals surface area contributed by atoms with Crippen molar-refractivity contribution >= 4 is 15.9 Å². The smallest absolute Gasteiger partial charge is 0.253 e. The lowest BCUT2D eigenvalue weighted by Crippen LogP contribution is -2.47. The first-order valence-corrected chi connectivity index (χ1v) is 11.9. The van der Waals surface area contributed by atoms with Gasteiger partial charge in [0.25, 0.3) is 5.91 Å². The Balaban J connectivity index is 1.85. The molecule has 2 aromatic rings. The highest BCUT2D eigenvalue weighted by Gasteiger charge is 2.24. The van der Waals surface area contributed by atoms with Crippen LogP contribution in [0, 0.1) is 6.92 Å². The van der Waals surface area contributed by atoms with Gasteiger partial charge in [0.2, 0.25) is 10.0 Å². The average molecular weight is 446 g/mol. The first-order valence-electron chi connectivity index (χ1n) is 10.5. The minimum Gasteiger partial charge on any atom is -0.494 e. The minimum atomic E-state index is -3.67. The van der Waals surface area contributed by atoms with E-state index < -0.39 is 10.0 Å². The summed E-state index contributed by atoms with van der Waals surface area (Å²) in [7, 11) is -0.0841. The molecule has 0 atom stereocenters. The molecule has 0 N–H and O–H groups in total. The van der Waals surface area contributed by atoms with Gasteiger partial charge in [-0.15, -0.1) is 0 Å². The number of ether oxygens (including phenoxy) is 1. The molecule has 1 amide bonds. The molecule has 7 nitrogen and oxygen atoms in total. The number of piperazine rings is 1. The van der Waals surface area contributed by atoms with Gasteiger partial charge >= 0.3 is 0 Å². The van der Waals surface area contributed by atoms with Crippen molar-refractivity contribution in [3.05, 3.63) is 59.2 Å². The lowest BCUT2D eigenvalue weighted by atomic mass is 10.1. The van der Waals surface area contributed by atoms with Crippen molar-refractivity contribution < 1.29 is 17.9 Å². The van der Waals surface area contributed by atoms with Crippen LogP contribution in [0.5, 0.6) is 5.75 Å². The summed E-state index contributed by atoms with van der Waals surface area (Å²) in [6.07, 6.45) is 0. The molecule has 3 rings (SSSR count). The second-order valence-electron chi connectivity index (χ2n) is 7.93. The number of likely N-dealkylation sites (N-methyl/N-ethyl adjacent to an activating group) is 1. The standard InChI is InChI=1S/C23H31N3O4S/c1-5-30-22-11-8-19(23(27)26-14-12-24(3)13-15-26)16-20(22)17-25(4)31(28,29)21-9-6-18(2)7-10-21/h6-11,16H,5,12-15,17H2,1-4H3. The van der Waals surface area contributed by atoms with E-state index in [9.17, 15) is 13.2 Å². The molecule has 31 heavy (non-hydrogen) atoms. The molecule has 0 unspecified atom stereocenters. The normalized spacial score (nSPS) is 15.3. The lowest BCUT2D eigenvalue weighted by Gasteiger charge is -2.32. The number of rotatable bonds is 7. The van der Waals surface area contributed by atoms with Gasteiger partial charge in [-0.25, -0.2) is 8.42 Å². The Labute approximate surface area is 185 Å². The summed E-state index contributed by atoms with van der Waals surface area (Å²) in [5, 5.41) is 0. The van der Waals surface area contributed by atoms with Crippen LogP contribution in [-0.4, -0.2) is 75.3 Å². The fourth-order valence-electron chi connectivity index (χ4n) is 3.54. The van der Waals surface area contributed by atoms with Crippen molar-refractivity contribution in [2.45, 2.75) is 25.3 Å². The van der Waals surface area contributed by atoms with Crippen molar-refractivity contribution in [2.24, 2.45) is 0 Å². The van der Waals surface area contributed by atoms with Crippen LogP contribution in [0.25, 0.3) is 0 Å². The molecule has 1 fully saturated rings. The third kappa shape index (κ3) is 5.44. The monoisotopic (exact) mass is 445 g/mol.